The molecule has 3 heterocycles. The second-order valence-electron chi connectivity index (χ2n) is 8.45. The average Bonchev–Trinajstić information content (AvgIpc) is 3.04. The van der Waals surface area contributed by atoms with E-state index in [1.54, 1.807) is 29.9 Å². The molecular formula is C19H29N9O2. The standard InChI is InChI=1S/C19H29N9O2/c1-11(2)7-26-10-21-15-14(26)16(29)28(19(30)27(15)8-12(3)4)9-13-22-17(20)24-18(23-13)25(5)6/h10-12H,7-9H2,1-6H3,(H2,20,22,23,24). The second-order valence-corrected chi connectivity index (χ2v) is 8.45. The summed E-state index contributed by atoms with van der Waals surface area (Å²) < 4.78 is 4.51. The zero-order valence-electron chi connectivity index (χ0n) is 18.3. The van der Waals surface area contributed by atoms with Crippen molar-refractivity contribution in [3.8, 4) is 0 Å². The second kappa shape index (κ2) is 8.25. The highest BCUT2D eigenvalue weighted by atomic mass is 16.2. The zero-order valence-corrected chi connectivity index (χ0v) is 18.3. The van der Waals surface area contributed by atoms with Gasteiger partial charge in [-0.05, 0) is 11.8 Å². The molecule has 0 atom stereocenters. The molecule has 0 saturated heterocycles. The number of nitrogens with two attached hydrogens (primary N) is 1. The van der Waals surface area contributed by atoms with Crippen molar-refractivity contribution in [3.63, 3.8) is 0 Å². The minimum Gasteiger partial charge on any atom is -0.368 e. The number of fused-ring (bicyclic) bond motifs is 1. The minimum absolute atomic E-state index is 0.0326. The third-order valence-electron chi connectivity index (χ3n) is 4.48. The summed E-state index contributed by atoms with van der Waals surface area (Å²) >= 11 is 0. The molecule has 11 heteroatoms. The van der Waals surface area contributed by atoms with Crippen molar-refractivity contribution in [1.82, 2.24) is 33.6 Å². The lowest BCUT2D eigenvalue weighted by molar-refractivity contribution is 0.490. The van der Waals surface area contributed by atoms with Crippen molar-refractivity contribution >= 4 is 23.1 Å². The van der Waals surface area contributed by atoms with Crippen LogP contribution in [-0.4, -0.2) is 47.7 Å². The lowest BCUT2D eigenvalue weighted by atomic mass is 10.2. The van der Waals surface area contributed by atoms with Crippen molar-refractivity contribution in [2.45, 2.75) is 47.3 Å². The summed E-state index contributed by atoms with van der Waals surface area (Å²) in [5, 5.41) is 0. The molecule has 0 unspecified atom stereocenters. The quantitative estimate of drug-likeness (QED) is 0.592. The van der Waals surface area contributed by atoms with Crippen molar-refractivity contribution < 1.29 is 0 Å². The van der Waals surface area contributed by atoms with E-state index < -0.39 is 11.2 Å². The van der Waals surface area contributed by atoms with Crippen molar-refractivity contribution in [3.05, 3.63) is 33.0 Å². The summed E-state index contributed by atoms with van der Waals surface area (Å²) in [7, 11) is 3.55. The van der Waals surface area contributed by atoms with Crippen LogP contribution in [0.5, 0.6) is 0 Å². The van der Waals surface area contributed by atoms with Gasteiger partial charge < -0.3 is 15.2 Å². The van der Waals surface area contributed by atoms with Crippen LogP contribution in [0.1, 0.15) is 33.5 Å². The predicted molar refractivity (Wildman–Crippen MR) is 116 cm³/mol. The Bertz CT molecular complexity index is 1170. The van der Waals surface area contributed by atoms with Crippen LogP contribution in [0.2, 0.25) is 0 Å². The highest BCUT2D eigenvalue weighted by Gasteiger charge is 2.20. The number of aromatic nitrogens is 7. The van der Waals surface area contributed by atoms with Gasteiger partial charge in [0.25, 0.3) is 5.56 Å². The number of hydrogen-bond donors (Lipinski definition) is 1. The summed E-state index contributed by atoms with van der Waals surface area (Å²) in [5.74, 6) is 1.15. The van der Waals surface area contributed by atoms with Gasteiger partial charge in [0.05, 0.1) is 12.9 Å². The van der Waals surface area contributed by atoms with Gasteiger partial charge in [-0.3, -0.25) is 13.9 Å². The van der Waals surface area contributed by atoms with Gasteiger partial charge in [-0.25, -0.2) is 9.78 Å². The number of hydrogen-bond acceptors (Lipinski definition) is 8. The molecule has 0 fully saturated rings. The lowest BCUT2D eigenvalue weighted by Crippen LogP contribution is -2.42. The van der Waals surface area contributed by atoms with E-state index in [1.165, 1.54) is 0 Å². The summed E-state index contributed by atoms with van der Waals surface area (Å²) in [4.78, 5) is 45.2. The molecule has 0 aromatic carbocycles. The van der Waals surface area contributed by atoms with Gasteiger partial charge in [0.1, 0.15) is 0 Å². The number of imidazole rings is 1. The summed E-state index contributed by atoms with van der Waals surface area (Å²) in [6, 6.07) is 0. The Morgan fingerprint density at radius 1 is 1.00 bits per heavy atom. The first-order valence-electron chi connectivity index (χ1n) is 9.94. The normalized spacial score (nSPS) is 11.7. The number of nitrogen functional groups attached to an aromatic ring is 1. The Morgan fingerprint density at radius 3 is 2.27 bits per heavy atom. The molecule has 0 saturated carbocycles. The van der Waals surface area contributed by atoms with Crippen LogP contribution in [0, 0.1) is 11.8 Å². The number of nitrogens with zero attached hydrogens (tertiary/aromatic N) is 8. The van der Waals surface area contributed by atoms with Crippen LogP contribution in [0.25, 0.3) is 11.2 Å². The van der Waals surface area contributed by atoms with E-state index in [1.807, 2.05) is 18.4 Å². The van der Waals surface area contributed by atoms with E-state index in [0.717, 1.165) is 4.57 Å². The lowest BCUT2D eigenvalue weighted by Gasteiger charge is -2.15. The van der Waals surface area contributed by atoms with Crippen molar-refractivity contribution in [2.24, 2.45) is 11.8 Å². The molecule has 11 nitrogen and oxygen atoms in total. The van der Waals surface area contributed by atoms with Gasteiger partial charge >= 0.3 is 5.69 Å². The van der Waals surface area contributed by atoms with E-state index >= 15 is 0 Å². The number of anilines is 2. The van der Waals surface area contributed by atoms with Crippen LogP contribution in [0.3, 0.4) is 0 Å². The Labute approximate surface area is 174 Å². The molecule has 0 aliphatic heterocycles. The van der Waals surface area contributed by atoms with E-state index in [9.17, 15) is 9.59 Å². The summed E-state index contributed by atoms with van der Waals surface area (Å²) in [6.45, 7) is 9.09. The Hall–Kier alpha value is -3.24. The molecule has 0 spiro atoms. The molecule has 2 N–H and O–H groups in total. The first kappa shape index (κ1) is 21.5. The summed E-state index contributed by atoms with van der Waals surface area (Å²) in [6.07, 6.45) is 1.62. The predicted octanol–water partition coefficient (Wildman–Crippen LogP) is 0.553. The molecule has 0 aliphatic carbocycles. The maximum atomic E-state index is 13.3. The molecule has 0 aliphatic rings. The fraction of sp³-hybridized carbons (Fsp3) is 0.579. The van der Waals surface area contributed by atoms with E-state index in [2.05, 4.69) is 33.8 Å². The Balaban J connectivity index is 2.23. The minimum atomic E-state index is -0.443. The maximum Gasteiger partial charge on any atom is 0.333 e. The van der Waals surface area contributed by atoms with Crippen LogP contribution in [-0.2, 0) is 19.6 Å². The third kappa shape index (κ3) is 4.19. The fourth-order valence-electron chi connectivity index (χ4n) is 3.28. The van der Waals surface area contributed by atoms with E-state index in [0.29, 0.717) is 36.1 Å². The number of rotatable bonds is 7. The highest BCUT2D eigenvalue weighted by molar-refractivity contribution is 5.70. The highest BCUT2D eigenvalue weighted by Crippen LogP contribution is 2.12. The van der Waals surface area contributed by atoms with Gasteiger partial charge in [-0.1, -0.05) is 27.7 Å². The topological polar surface area (TPSA) is 130 Å². The molecule has 3 aromatic heterocycles. The maximum absolute atomic E-state index is 13.3. The average molecular weight is 416 g/mol. The smallest absolute Gasteiger partial charge is 0.333 e. The van der Waals surface area contributed by atoms with Crippen molar-refractivity contribution in [2.75, 3.05) is 24.7 Å². The van der Waals surface area contributed by atoms with Crippen LogP contribution in [0.4, 0.5) is 11.9 Å². The van der Waals surface area contributed by atoms with Crippen molar-refractivity contribution in [1.29, 1.82) is 0 Å². The van der Waals surface area contributed by atoms with Gasteiger partial charge in [0, 0.05) is 27.2 Å². The van der Waals surface area contributed by atoms with Crippen LogP contribution < -0.4 is 21.9 Å². The Kier molecular flexibility index (Phi) is 5.90. The van der Waals surface area contributed by atoms with Gasteiger partial charge in [0.2, 0.25) is 11.9 Å². The van der Waals surface area contributed by atoms with Crippen LogP contribution >= 0.6 is 0 Å². The fourth-order valence-corrected chi connectivity index (χ4v) is 3.28. The van der Waals surface area contributed by atoms with E-state index in [-0.39, 0.29) is 24.2 Å². The first-order valence-corrected chi connectivity index (χ1v) is 9.94. The molecule has 0 radical (unpaired) electrons. The largest absolute Gasteiger partial charge is 0.368 e. The SMILES string of the molecule is CC(C)Cn1cnc2c1c(=O)n(Cc1nc(N)nc(N(C)C)n1)c(=O)n2CC(C)C. The zero-order chi connectivity index (χ0) is 22.2. The van der Waals surface area contributed by atoms with Gasteiger partial charge in [-0.15, -0.1) is 0 Å². The molecular weight excluding hydrogens is 386 g/mol. The molecule has 0 bridgehead atoms. The molecule has 3 aromatic rings. The monoisotopic (exact) mass is 415 g/mol. The summed E-state index contributed by atoms with van der Waals surface area (Å²) in [5.41, 5.74) is 5.75. The third-order valence-corrected chi connectivity index (χ3v) is 4.48. The van der Waals surface area contributed by atoms with Crippen LogP contribution in [0.15, 0.2) is 15.9 Å². The molecule has 30 heavy (non-hydrogen) atoms. The molecule has 162 valence electrons. The first-order chi connectivity index (χ1) is 14.1. The molecule has 3 rings (SSSR count). The molecule has 0 amide bonds. The van der Waals surface area contributed by atoms with Gasteiger partial charge in [0.15, 0.2) is 17.0 Å². The van der Waals surface area contributed by atoms with E-state index in [4.69, 9.17) is 5.73 Å². The van der Waals surface area contributed by atoms with Gasteiger partial charge in [-0.2, -0.15) is 15.0 Å². The Morgan fingerprint density at radius 2 is 1.67 bits per heavy atom.